The first-order chi connectivity index (χ1) is 14.5. The van der Waals surface area contributed by atoms with Crippen LogP contribution in [0.2, 0.25) is 0 Å². The van der Waals surface area contributed by atoms with E-state index < -0.39 is 23.7 Å². The topological polar surface area (TPSA) is 151 Å². The van der Waals surface area contributed by atoms with Crippen LogP contribution in [0.25, 0.3) is 11.2 Å². The number of rotatable bonds is 3. The van der Waals surface area contributed by atoms with E-state index in [1.807, 2.05) is 0 Å². The molecular formula is C19H19N7O4. The molecular weight excluding hydrogens is 390 g/mol. The molecule has 3 aromatic heterocycles. The van der Waals surface area contributed by atoms with Gasteiger partial charge in [0.2, 0.25) is 11.7 Å². The first-order valence-corrected chi connectivity index (χ1v) is 9.43. The van der Waals surface area contributed by atoms with Crippen LogP contribution >= 0.6 is 0 Å². The number of oxazole rings is 1. The minimum atomic E-state index is -1.17. The van der Waals surface area contributed by atoms with Gasteiger partial charge in [-0.15, -0.1) is 0 Å². The Kier molecular flexibility index (Phi) is 4.02. The van der Waals surface area contributed by atoms with E-state index in [0.29, 0.717) is 23.4 Å². The Morgan fingerprint density at radius 1 is 1.30 bits per heavy atom. The van der Waals surface area contributed by atoms with Gasteiger partial charge >= 0.3 is 0 Å². The van der Waals surface area contributed by atoms with Crippen molar-refractivity contribution in [2.75, 3.05) is 19.4 Å². The lowest BCUT2D eigenvalue weighted by molar-refractivity contribution is -0.132. The number of carbonyl (C=O) groups excluding carboxylic acids is 1. The molecule has 0 bridgehead atoms. The molecule has 1 amide bonds. The summed E-state index contributed by atoms with van der Waals surface area (Å²) in [5.41, 5.74) is -0.0390. The number of nitrogens with zero attached hydrogens (tertiary/aromatic N) is 5. The van der Waals surface area contributed by atoms with Crippen molar-refractivity contribution in [1.82, 2.24) is 29.8 Å². The summed E-state index contributed by atoms with van der Waals surface area (Å²) in [6, 6.07) is -0.547. The highest BCUT2D eigenvalue weighted by Gasteiger charge is 2.75. The van der Waals surface area contributed by atoms with Gasteiger partial charge in [-0.25, -0.2) is 19.9 Å². The zero-order chi connectivity index (χ0) is 21.0. The van der Waals surface area contributed by atoms with E-state index >= 15 is 0 Å². The molecule has 3 aromatic rings. The average Bonchev–Trinajstić information content (AvgIpc) is 3.06. The lowest BCUT2D eigenvalue weighted by Gasteiger charge is -2.23. The van der Waals surface area contributed by atoms with E-state index in [-0.39, 0.29) is 23.5 Å². The van der Waals surface area contributed by atoms with Crippen LogP contribution in [0.1, 0.15) is 24.2 Å². The molecule has 154 valence electrons. The Morgan fingerprint density at radius 2 is 2.13 bits per heavy atom. The van der Waals surface area contributed by atoms with Gasteiger partial charge in [0.25, 0.3) is 5.89 Å². The highest BCUT2D eigenvalue weighted by atomic mass is 16.3. The first-order valence-electron chi connectivity index (χ1n) is 9.43. The van der Waals surface area contributed by atoms with E-state index in [2.05, 4.69) is 42.4 Å². The minimum Gasteiger partial charge on any atom is -0.439 e. The summed E-state index contributed by atoms with van der Waals surface area (Å²) in [7, 11) is 3.23. The van der Waals surface area contributed by atoms with Crippen LogP contribution in [-0.2, 0) is 4.79 Å². The van der Waals surface area contributed by atoms with Crippen LogP contribution < -0.4 is 10.6 Å². The van der Waals surface area contributed by atoms with Crippen molar-refractivity contribution in [3.8, 4) is 11.8 Å². The Balaban J connectivity index is 1.59. The van der Waals surface area contributed by atoms with Crippen molar-refractivity contribution in [1.29, 1.82) is 0 Å². The van der Waals surface area contributed by atoms with Gasteiger partial charge in [0.15, 0.2) is 17.0 Å². The van der Waals surface area contributed by atoms with Crippen LogP contribution in [0.15, 0.2) is 23.2 Å². The molecule has 30 heavy (non-hydrogen) atoms. The summed E-state index contributed by atoms with van der Waals surface area (Å²) in [4.78, 5) is 29.6. The van der Waals surface area contributed by atoms with Crippen LogP contribution in [0.5, 0.6) is 0 Å². The number of aliphatic hydroxyl groups is 2. The molecule has 0 spiro atoms. The zero-order valence-electron chi connectivity index (χ0n) is 16.2. The molecule has 2 aliphatic carbocycles. The van der Waals surface area contributed by atoms with Crippen LogP contribution in [0, 0.1) is 23.2 Å². The molecule has 5 rings (SSSR count). The van der Waals surface area contributed by atoms with Gasteiger partial charge in [-0.05, 0) is 12.3 Å². The first kappa shape index (κ1) is 18.5. The Morgan fingerprint density at radius 3 is 2.83 bits per heavy atom. The van der Waals surface area contributed by atoms with Crippen molar-refractivity contribution < 1.29 is 19.4 Å². The van der Waals surface area contributed by atoms with E-state index in [9.17, 15) is 15.0 Å². The molecule has 0 aliphatic heterocycles. The van der Waals surface area contributed by atoms with Gasteiger partial charge in [0.05, 0.1) is 30.1 Å². The Hall–Kier alpha value is -3.49. The molecule has 0 aromatic carbocycles. The number of aliphatic hydroxyl groups excluding tert-OH is 2. The zero-order valence-corrected chi connectivity index (χ0v) is 16.2. The smallest absolute Gasteiger partial charge is 0.273 e. The molecule has 4 N–H and O–H groups in total. The molecule has 2 unspecified atom stereocenters. The Labute approximate surface area is 170 Å². The predicted octanol–water partition coefficient (Wildman–Crippen LogP) is -0.715. The molecule has 0 saturated heterocycles. The lowest BCUT2D eigenvalue weighted by Crippen LogP contribution is -2.41. The van der Waals surface area contributed by atoms with Gasteiger partial charge in [0.1, 0.15) is 12.4 Å². The molecule has 3 heterocycles. The van der Waals surface area contributed by atoms with Crippen molar-refractivity contribution >= 4 is 22.9 Å². The number of amides is 1. The fourth-order valence-corrected chi connectivity index (χ4v) is 4.55. The maximum atomic E-state index is 12.4. The summed E-state index contributed by atoms with van der Waals surface area (Å²) >= 11 is 0. The van der Waals surface area contributed by atoms with Crippen molar-refractivity contribution in [2.45, 2.75) is 24.7 Å². The summed E-state index contributed by atoms with van der Waals surface area (Å²) in [5, 5.41) is 26.9. The fraction of sp³-hybridized carbons (Fsp3) is 0.421. The number of imidazole rings is 1. The maximum absolute atomic E-state index is 12.4. The summed E-state index contributed by atoms with van der Waals surface area (Å²) < 4.78 is 6.81. The number of hydrogen-bond donors (Lipinski definition) is 4. The van der Waals surface area contributed by atoms with Gasteiger partial charge in [-0.2, -0.15) is 0 Å². The second-order valence-electron chi connectivity index (χ2n) is 7.41. The molecule has 2 aliphatic rings. The van der Waals surface area contributed by atoms with Crippen molar-refractivity contribution in [3.05, 3.63) is 30.5 Å². The highest BCUT2D eigenvalue weighted by Crippen LogP contribution is 2.67. The second kappa shape index (κ2) is 6.51. The number of aromatic nitrogens is 5. The summed E-state index contributed by atoms with van der Waals surface area (Å²) in [6.07, 6.45) is 2.64. The van der Waals surface area contributed by atoms with Crippen molar-refractivity contribution in [3.63, 3.8) is 0 Å². The molecule has 0 radical (unpaired) electrons. The Bertz CT molecular complexity index is 1190. The average molecular weight is 409 g/mol. The summed E-state index contributed by atoms with van der Waals surface area (Å²) in [6.45, 7) is 0. The standard InChI is InChI=1S/C19H19N7O4/c1-20-16-12-17(25-10(24-16)3-4-11-22-5-6-30-11)26(8-23-12)13-9-7-19(9,18(29)21-2)15(28)14(13)27/h5-6,8-9,13-15,27-28H,7H2,1-2H3,(H,21,29)(H,20,24,25)/t9?,13-,14?,15+,19-/m1/s1. The molecule has 2 saturated carbocycles. The number of anilines is 1. The molecule has 5 atom stereocenters. The van der Waals surface area contributed by atoms with Crippen LogP contribution in [0.3, 0.4) is 0 Å². The third-order valence-corrected chi connectivity index (χ3v) is 6.02. The number of fused-ring (bicyclic) bond motifs is 2. The molecule has 11 nitrogen and oxygen atoms in total. The van der Waals surface area contributed by atoms with Gasteiger partial charge in [-0.3, -0.25) is 4.79 Å². The normalized spacial score (nSPS) is 29.2. The third-order valence-electron chi connectivity index (χ3n) is 6.02. The minimum absolute atomic E-state index is 0.216. The highest BCUT2D eigenvalue weighted by molar-refractivity contribution is 5.88. The quantitative estimate of drug-likeness (QED) is 0.411. The van der Waals surface area contributed by atoms with E-state index in [1.54, 1.807) is 17.9 Å². The van der Waals surface area contributed by atoms with Crippen LogP contribution in [-0.4, -0.2) is 66.9 Å². The van der Waals surface area contributed by atoms with E-state index in [1.165, 1.54) is 19.5 Å². The molecule has 2 fully saturated rings. The van der Waals surface area contributed by atoms with E-state index in [0.717, 1.165) is 0 Å². The van der Waals surface area contributed by atoms with E-state index in [4.69, 9.17) is 4.42 Å². The van der Waals surface area contributed by atoms with Gasteiger partial charge in [0, 0.05) is 25.9 Å². The van der Waals surface area contributed by atoms with Gasteiger partial charge < -0.3 is 29.8 Å². The van der Waals surface area contributed by atoms with Crippen molar-refractivity contribution in [2.24, 2.45) is 11.3 Å². The SMILES string of the molecule is CNC(=O)[C@]12CC1[C@@H](n1cnc3c(NC)nc(C#Cc4ncco4)nc31)C(O)[C@@H]2O. The fourth-order valence-electron chi connectivity index (χ4n) is 4.55. The summed E-state index contributed by atoms with van der Waals surface area (Å²) in [5.74, 6) is 5.99. The number of carbonyl (C=O) groups is 1. The third kappa shape index (κ3) is 2.44. The molecule has 11 heteroatoms. The monoisotopic (exact) mass is 409 g/mol. The second-order valence-corrected chi connectivity index (χ2v) is 7.41. The number of hydrogen-bond acceptors (Lipinski definition) is 9. The number of nitrogens with one attached hydrogen (secondary N) is 2. The largest absolute Gasteiger partial charge is 0.439 e. The lowest BCUT2D eigenvalue weighted by atomic mass is 9.98. The van der Waals surface area contributed by atoms with Gasteiger partial charge in [-0.1, -0.05) is 0 Å². The predicted molar refractivity (Wildman–Crippen MR) is 103 cm³/mol. The maximum Gasteiger partial charge on any atom is 0.273 e. The van der Waals surface area contributed by atoms with Crippen LogP contribution in [0.4, 0.5) is 5.82 Å².